The van der Waals surface area contributed by atoms with E-state index in [0.717, 1.165) is 11.4 Å². The van der Waals surface area contributed by atoms with Crippen LogP contribution in [0, 0.1) is 0 Å². The number of phenolic OH excluding ortho intramolecular Hbond substituents is 1. The van der Waals surface area contributed by atoms with Gasteiger partial charge in [0.15, 0.2) is 0 Å². The third-order valence-electron chi connectivity index (χ3n) is 2.42. The normalized spacial score (nSPS) is 10.7. The molecule has 18 heavy (non-hydrogen) atoms. The standard InChI is InChI=1S/C15H15NO2/c1-2-18-14-8-5-7-13(10-14)16-11-12-6-3-4-9-15(12)17/h3-11,17H,2H2,1H3. The van der Waals surface area contributed by atoms with Crippen LogP contribution >= 0.6 is 0 Å². The zero-order chi connectivity index (χ0) is 12.8. The van der Waals surface area contributed by atoms with Crippen LogP contribution in [0.5, 0.6) is 11.5 Å². The van der Waals surface area contributed by atoms with E-state index >= 15 is 0 Å². The van der Waals surface area contributed by atoms with Crippen LogP contribution in [0.1, 0.15) is 12.5 Å². The Balaban J connectivity index is 2.18. The zero-order valence-corrected chi connectivity index (χ0v) is 10.2. The topological polar surface area (TPSA) is 41.8 Å². The van der Waals surface area contributed by atoms with Gasteiger partial charge in [-0.3, -0.25) is 4.99 Å². The second-order valence-corrected chi connectivity index (χ2v) is 3.75. The maximum Gasteiger partial charge on any atom is 0.124 e. The third kappa shape index (κ3) is 3.10. The summed E-state index contributed by atoms with van der Waals surface area (Å²) in [5, 5.41) is 9.61. The SMILES string of the molecule is CCOc1cccc(N=Cc2ccccc2O)c1. The van der Waals surface area contributed by atoms with E-state index in [4.69, 9.17) is 4.74 Å². The number of hydrogen-bond donors (Lipinski definition) is 1. The van der Waals surface area contributed by atoms with Crippen molar-refractivity contribution in [1.82, 2.24) is 0 Å². The Hall–Kier alpha value is -2.29. The van der Waals surface area contributed by atoms with Crippen molar-refractivity contribution in [2.75, 3.05) is 6.61 Å². The molecular formula is C15H15NO2. The maximum absolute atomic E-state index is 9.61. The highest BCUT2D eigenvalue weighted by Crippen LogP contribution is 2.21. The molecule has 0 saturated heterocycles. The summed E-state index contributed by atoms with van der Waals surface area (Å²) in [6.07, 6.45) is 1.64. The molecule has 0 unspecified atom stereocenters. The van der Waals surface area contributed by atoms with Gasteiger partial charge < -0.3 is 9.84 Å². The molecule has 92 valence electrons. The van der Waals surface area contributed by atoms with Crippen molar-refractivity contribution in [3.63, 3.8) is 0 Å². The Kier molecular flexibility index (Phi) is 3.97. The Morgan fingerprint density at radius 2 is 2.00 bits per heavy atom. The zero-order valence-electron chi connectivity index (χ0n) is 10.2. The van der Waals surface area contributed by atoms with Crippen molar-refractivity contribution in [1.29, 1.82) is 0 Å². The van der Waals surface area contributed by atoms with E-state index in [1.165, 1.54) is 0 Å². The first-order valence-electron chi connectivity index (χ1n) is 5.84. The number of benzene rings is 2. The van der Waals surface area contributed by atoms with E-state index in [9.17, 15) is 5.11 Å². The van der Waals surface area contributed by atoms with Crippen LogP contribution < -0.4 is 4.74 Å². The summed E-state index contributed by atoms with van der Waals surface area (Å²) in [7, 11) is 0. The summed E-state index contributed by atoms with van der Waals surface area (Å²) in [6.45, 7) is 2.57. The third-order valence-corrected chi connectivity index (χ3v) is 2.42. The fourth-order valence-corrected chi connectivity index (χ4v) is 1.56. The molecule has 0 atom stereocenters. The summed E-state index contributed by atoms with van der Waals surface area (Å²) in [4.78, 5) is 4.32. The summed E-state index contributed by atoms with van der Waals surface area (Å²) < 4.78 is 5.40. The van der Waals surface area contributed by atoms with E-state index < -0.39 is 0 Å². The Bertz CT molecular complexity index is 550. The number of nitrogens with zero attached hydrogens (tertiary/aromatic N) is 1. The molecule has 0 saturated carbocycles. The highest BCUT2D eigenvalue weighted by atomic mass is 16.5. The lowest BCUT2D eigenvalue weighted by atomic mass is 10.2. The van der Waals surface area contributed by atoms with E-state index in [2.05, 4.69) is 4.99 Å². The lowest BCUT2D eigenvalue weighted by Gasteiger charge is -2.03. The predicted octanol–water partition coefficient (Wildman–Crippen LogP) is 3.54. The molecule has 3 nitrogen and oxygen atoms in total. The van der Waals surface area contributed by atoms with Gasteiger partial charge in [0.2, 0.25) is 0 Å². The molecule has 0 aromatic heterocycles. The van der Waals surface area contributed by atoms with Crippen LogP contribution in [0.15, 0.2) is 53.5 Å². The van der Waals surface area contributed by atoms with Gasteiger partial charge in [-0.2, -0.15) is 0 Å². The molecular weight excluding hydrogens is 226 g/mol. The second kappa shape index (κ2) is 5.87. The van der Waals surface area contributed by atoms with Crippen LogP contribution in [0.4, 0.5) is 5.69 Å². The minimum atomic E-state index is 0.224. The van der Waals surface area contributed by atoms with Gasteiger partial charge in [-0.15, -0.1) is 0 Å². The molecule has 2 rings (SSSR count). The number of para-hydroxylation sites is 1. The fraction of sp³-hybridized carbons (Fsp3) is 0.133. The van der Waals surface area contributed by atoms with Crippen molar-refractivity contribution < 1.29 is 9.84 Å². The van der Waals surface area contributed by atoms with Gasteiger partial charge in [-0.05, 0) is 31.2 Å². The molecule has 0 radical (unpaired) electrons. The predicted molar refractivity (Wildman–Crippen MR) is 73.0 cm³/mol. The second-order valence-electron chi connectivity index (χ2n) is 3.75. The summed E-state index contributed by atoms with van der Waals surface area (Å²) in [5.74, 6) is 1.02. The van der Waals surface area contributed by atoms with Crippen molar-refractivity contribution in [3.05, 3.63) is 54.1 Å². The van der Waals surface area contributed by atoms with Gasteiger partial charge in [0.05, 0.1) is 12.3 Å². The minimum absolute atomic E-state index is 0.224. The van der Waals surface area contributed by atoms with Crippen LogP contribution in [-0.2, 0) is 0 Å². The number of ether oxygens (including phenoxy) is 1. The molecule has 0 aliphatic carbocycles. The first-order valence-corrected chi connectivity index (χ1v) is 5.84. The minimum Gasteiger partial charge on any atom is -0.507 e. The summed E-state index contributed by atoms with van der Waals surface area (Å²) in [6, 6.07) is 14.6. The van der Waals surface area contributed by atoms with E-state index in [1.54, 1.807) is 18.3 Å². The maximum atomic E-state index is 9.61. The molecule has 0 fully saturated rings. The van der Waals surface area contributed by atoms with Crippen LogP contribution in [0.3, 0.4) is 0 Å². The van der Waals surface area contributed by atoms with Gasteiger partial charge in [0.1, 0.15) is 11.5 Å². The first kappa shape index (κ1) is 12.2. The van der Waals surface area contributed by atoms with Gasteiger partial charge in [0, 0.05) is 17.8 Å². The smallest absolute Gasteiger partial charge is 0.124 e. The molecule has 2 aromatic carbocycles. The number of hydrogen-bond acceptors (Lipinski definition) is 3. The molecule has 0 amide bonds. The first-order chi connectivity index (χ1) is 8.79. The van der Waals surface area contributed by atoms with Crippen molar-refractivity contribution in [3.8, 4) is 11.5 Å². The molecule has 0 heterocycles. The van der Waals surface area contributed by atoms with E-state index in [-0.39, 0.29) is 5.75 Å². The van der Waals surface area contributed by atoms with Gasteiger partial charge >= 0.3 is 0 Å². The van der Waals surface area contributed by atoms with E-state index in [0.29, 0.717) is 12.2 Å². The average molecular weight is 241 g/mol. The lowest BCUT2D eigenvalue weighted by molar-refractivity contribution is 0.340. The lowest BCUT2D eigenvalue weighted by Crippen LogP contribution is -1.90. The number of phenols is 1. The highest BCUT2D eigenvalue weighted by Gasteiger charge is 1.96. The quantitative estimate of drug-likeness (QED) is 0.832. The van der Waals surface area contributed by atoms with Gasteiger partial charge in [0.25, 0.3) is 0 Å². The fourth-order valence-electron chi connectivity index (χ4n) is 1.56. The Labute approximate surface area is 106 Å². The van der Waals surface area contributed by atoms with Gasteiger partial charge in [-0.1, -0.05) is 18.2 Å². The van der Waals surface area contributed by atoms with E-state index in [1.807, 2.05) is 43.3 Å². The van der Waals surface area contributed by atoms with Crippen LogP contribution in [-0.4, -0.2) is 17.9 Å². The highest BCUT2D eigenvalue weighted by molar-refractivity contribution is 5.85. The number of aromatic hydroxyl groups is 1. The molecule has 1 N–H and O–H groups in total. The molecule has 3 heteroatoms. The molecule has 2 aromatic rings. The van der Waals surface area contributed by atoms with Crippen LogP contribution in [0.2, 0.25) is 0 Å². The number of aliphatic imine (C=N–C) groups is 1. The number of rotatable bonds is 4. The van der Waals surface area contributed by atoms with Crippen LogP contribution in [0.25, 0.3) is 0 Å². The average Bonchev–Trinajstić information content (AvgIpc) is 2.39. The Morgan fingerprint density at radius 3 is 2.78 bits per heavy atom. The van der Waals surface area contributed by atoms with Crippen molar-refractivity contribution >= 4 is 11.9 Å². The van der Waals surface area contributed by atoms with Crippen molar-refractivity contribution in [2.24, 2.45) is 4.99 Å². The largest absolute Gasteiger partial charge is 0.507 e. The monoisotopic (exact) mass is 241 g/mol. The van der Waals surface area contributed by atoms with Crippen molar-refractivity contribution in [2.45, 2.75) is 6.92 Å². The molecule has 0 aliphatic rings. The summed E-state index contributed by atoms with van der Waals surface area (Å²) in [5.41, 5.74) is 1.49. The molecule has 0 spiro atoms. The molecule has 0 aliphatic heterocycles. The van der Waals surface area contributed by atoms with Gasteiger partial charge in [-0.25, -0.2) is 0 Å². The molecule has 0 bridgehead atoms. The summed E-state index contributed by atoms with van der Waals surface area (Å²) >= 11 is 0. The Morgan fingerprint density at radius 1 is 1.17 bits per heavy atom.